The standard InChI is InChI=1S/C20H30ClN3O4S/c1-16-14-17(21)8-9-19(16)28-15-20(25)23-10-12-24(13-11-23)29(26,27)22(2)18-6-4-3-5-7-18/h8-9,14,18H,3-7,10-13,15H2,1-2H3. The molecule has 1 aliphatic carbocycles. The van der Waals surface area contributed by atoms with Crippen LogP contribution in [0.25, 0.3) is 0 Å². The summed E-state index contributed by atoms with van der Waals surface area (Å²) in [4.78, 5) is 14.1. The first kappa shape index (κ1) is 22.3. The molecule has 1 heterocycles. The van der Waals surface area contributed by atoms with E-state index >= 15 is 0 Å². The van der Waals surface area contributed by atoms with Crippen molar-refractivity contribution in [1.29, 1.82) is 0 Å². The van der Waals surface area contributed by atoms with E-state index in [1.165, 1.54) is 15.0 Å². The number of benzene rings is 1. The number of rotatable bonds is 6. The molecule has 1 saturated heterocycles. The third-order valence-electron chi connectivity index (χ3n) is 5.86. The monoisotopic (exact) mass is 443 g/mol. The number of carbonyl (C=O) groups is 1. The van der Waals surface area contributed by atoms with Gasteiger partial charge in [-0.3, -0.25) is 4.79 Å². The third-order valence-corrected chi connectivity index (χ3v) is 8.14. The molecule has 3 rings (SSSR count). The third kappa shape index (κ3) is 5.42. The Hall–Kier alpha value is -1.35. The first-order valence-corrected chi connectivity index (χ1v) is 12.0. The number of amides is 1. The molecule has 2 aliphatic rings. The molecule has 7 nitrogen and oxygen atoms in total. The van der Waals surface area contributed by atoms with Crippen LogP contribution in [-0.4, -0.2) is 73.7 Å². The lowest BCUT2D eigenvalue weighted by Crippen LogP contribution is -2.55. The Labute approximate surface area is 178 Å². The maximum absolute atomic E-state index is 12.9. The van der Waals surface area contributed by atoms with E-state index in [0.29, 0.717) is 37.0 Å². The van der Waals surface area contributed by atoms with Gasteiger partial charge in [0.15, 0.2) is 6.61 Å². The van der Waals surface area contributed by atoms with Gasteiger partial charge in [0.05, 0.1) is 0 Å². The molecule has 1 amide bonds. The molecule has 1 aromatic rings. The van der Waals surface area contributed by atoms with E-state index in [0.717, 1.165) is 31.2 Å². The van der Waals surface area contributed by atoms with Crippen molar-refractivity contribution >= 4 is 27.7 Å². The number of carbonyl (C=O) groups excluding carboxylic acids is 1. The second kappa shape index (κ2) is 9.64. The molecule has 1 aromatic carbocycles. The van der Waals surface area contributed by atoms with Gasteiger partial charge >= 0.3 is 0 Å². The Bertz CT molecular complexity index is 819. The highest BCUT2D eigenvalue weighted by Crippen LogP contribution is 2.25. The molecule has 0 radical (unpaired) electrons. The number of ether oxygens (including phenoxy) is 1. The summed E-state index contributed by atoms with van der Waals surface area (Å²) in [5.74, 6) is 0.482. The van der Waals surface area contributed by atoms with Crippen molar-refractivity contribution in [1.82, 2.24) is 13.5 Å². The number of halogens is 1. The maximum Gasteiger partial charge on any atom is 0.282 e. The van der Waals surface area contributed by atoms with E-state index in [9.17, 15) is 13.2 Å². The molecular formula is C20H30ClN3O4S. The summed E-state index contributed by atoms with van der Waals surface area (Å²) in [5, 5.41) is 0.622. The lowest BCUT2D eigenvalue weighted by molar-refractivity contribution is -0.134. The van der Waals surface area contributed by atoms with Crippen LogP contribution in [0.2, 0.25) is 5.02 Å². The second-order valence-corrected chi connectivity index (χ2v) is 10.2. The highest BCUT2D eigenvalue weighted by atomic mass is 35.5. The summed E-state index contributed by atoms with van der Waals surface area (Å²) >= 11 is 5.94. The lowest BCUT2D eigenvalue weighted by atomic mass is 9.96. The summed E-state index contributed by atoms with van der Waals surface area (Å²) in [5.41, 5.74) is 0.868. The fourth-order valence-electron chi connectivity index (χ4n) is 3.99. The molecule has 1 aliphatic heterocycles. The van der Waals surface area contributed by atoms with Crippen molar-refractivity contribution in [3.63, 3.8) is 0 Å². The second-order valence-electron chi connectivity index (χ2n) is 7.79. The average molecular weight is 444 g/mol. The van der Waals surface area contributed by atoms with E-state index in [2.05, 4.69) is 0 Å². The topological polar surface area (TPSA) is 70.2 Å². The highest BCUT2D eigenvalue weighted by Gasteiger charge is 2.35. The van der Waals surface area contributed by atoms with Gasteiger partial charge in [-0.2, -0.15) is 17.0 Å². The predicted molar refractivity (Wildman–Crippen MR) is 113 cm³/mol. The fraction of sp³-hybridized carbons (Fsp3) is 0.650. The van der Waals surface area contributed by atoms with Crippen LogP contribution in [0.5, 0.6) is 5.75 Å². The molecule has 0 unspecified atom stereocenters. The molecule has 162 valence electrons. The fourth-order valence-corrected chi connectivity index (χ4v) is 5.79. The molecular weight excluding hydrogens is 414 g/mol. The molecule has 0 bridgehead atoms. The zero-order chi connectivity index (χ0) is 21.0. The number of hydrogen-bond donors (Lipinski definition) is 0. The largest absolute Gasteiger partial charge is 0.483 e. The number of piperazine rings is 1. The van der Waals surface area contributed by atoms with Gasteiger partial charge in [-0.15, -0.1) is 0 Å². The summed E-state index contributed by atoms with van der Waals surface area (Å²) in [7, 11) is -1.81. The van der Waals surface area contributed by atoms with Gasteiger partial charge in [-0.25, -0.2) is 0 Å². The SMILES string of the molecule is Cc1cc(Cl)ccc1OCC(=O)N1CCN(S(=O)(=O)N(C)C2CCCCC2)CC1. The van der Waals surface area contributed by atoms with Crippen LogP contribution < -0.4 is 4.74 Å². The van der Waals surface area contributed by atoms with Crippen molar-refractivity contribution in [2.24, 2.45) is 0 Å². The molecule has 0 N–H and O–H groups in total. The van der Waals surface area contributed by atoms with Crippen LogP contribution >= 0.6 is 11.6 Å². The lowest BCUT2D eigenvalue weighted by Gasteiger charge is -2.38. The van der Waals surface area contributed by atoms with Crippen LogP contribution in [0, 0.1) is 6.92 Å². The van der Waals surface area contributed by atoms with E-state index in [-0.39, 0.29) is 18.6 Å². The minimum absolute atomic E-state index is 0.0722. The van der Waals surface area contributed by atoms with E-state index < -0.39 is 10.2 Å². The Morgan fingerprint density at radius 1 is 1.17 bits per heavy atom. The Morgan fingerprint density at radius 2 is 1.83 bits per heavy atom. The van der Waals surface area contributed by atoms with Crippen molar-refractivity contribution in [3.05, 3.63) is 28.8 Å². The van der Waals surface area contributed by atoms with Crippen LogP contribution in [-0.2, 0) is 15.0 Å². The smallest absolute Gasteiger partial charge is 0.282 e. The zero-order valence-electron chi connectivity index (χ0n) is 17.1. The molecule has 2 fully saturated rings. The van der Waals surface area contributed by atoms with Gasteiger partial charge in [0.25, 0.3) is 16.1 Å². The Kier molecular flexibility index (Phi) is 7.42. The first-order chi connectivity index (χ1) is 13.8. The molecule has 0 aromatic heterocycles. The van der Waals surface area contributed by atoms with Crippen molar-refractivity contribution < 1.29 is 17.9 Å². The molecule has 29 heavy (non-hydrogen) atoms. The van der Waals surface area contributed by atoms with Gasteiger partial charge in [-0.1, -0.05) is 30.9 Å². The molecule has 9 heteroatoms. The van der Waals surface area contributed by atoms with Crippen LogP contribution in [0.1, 0.15) is 37.7 Å². The predicted octanol–water partition coefficient (Wildman–Crippen LogP) is 2.68. The van der Waals surface area contributed by atoms with Crippen LogP contribution in [0.15, 0.2) is 18.2 Å². The summed E-state index contributed by atoms with van der Waals surface area (Å²) in [6.07, 6.45) is 5.20. The summed E-state index contributed by atoms with van der Waals surface area (Å²) in [6, 6.07) is 5.34. The van der Waals surface area contributed by atoms with Gasteiger partial charge in [0, 0.05) is 44.3 Å². The minimum Gasteiger partial charge on any atom is -0.483 e. The van der Waals surface area contributed by atoms with E-state index in [1.807, 2.05) is 6.92 Å². The number of nitrogens with zero attached hydrogens (tertiary/aromatic N) is 3. The van der Waals surface area contributed by atoms with E-state index in [1.54, 1.807) is 30.1 Å². The summed E-state index contributed by atoms with van der Waals surface area (Å²) in [6.45, 7) is 3.17. The van der Waals surface area contributed by atoms with Gasteiger partial charge in [-0.05, 0) is 43.5 Å². The van der Waals surface area contributed by atoms with Crippen LogP contribution in [0.4, 0.5) is 0 Å². The maximum atomic E-state index is 12.9. The molecule has 0 spiro atoms. The normalized spacial score (nSPS) is 19.5. The van der Waals surface area contributed by atoms with Crippen molar-refractivity contribution in [2.45, 2.75) is 45.1 Å². The van der Waals surface area contributed by atoms with Crippen LogP contribution in [0.3, 0.4) is 0 Å². The molecule has 0 atom stereocenters. The summed E-state index contributed by atoms with van der Waals surface area (Å²) < 4.78 is 34.6. The number of hydrogen-bond acceptors (Lipinski definition) is 4. The average Bonchev–Trinajstić information content (AvgIpc) is 2.73. The molecule has 1 saturated carbocycles. The van der Waals surface area contributed by atoms with Crippen molar-refractivity contribution in [2.75, 3.05) is 39.8 Å². The quantitative estimate of drug-likeness (QED) is 0.677. The first-order valence-electron chi connectivity index (χ1n) is 10.2. The minimum atomic E-state index is -3.49. The van der Waals surface area contributed by atoms with Crippen molar-refractivity contribution in [3.8, 4) is 5.75 Å². The zero-order valence-corrected chi connectivity index (χ0v) is 18.7. The Morgan fingerprint density at radius 3 is 2.45 bits per heavy atom. The van der Waals surface area contributed by atoms with E-state index in [4.69, 9.17) is 16.3 Å². The van der Waals surface area contributed by atoms with Gasteiger partial charge < -0.3 is 9.64 Å². The van der Waals surface area contributed by atoms with Gasteiger partial charge in [0.1, 0.15) is 5.75 Å². The van der Waals surface area contributed by atoms with Gasteiger partial charge in [0.2, 0.25) is 0 Å². The Balaban J connectivity index is 1.50. The number of aryl methyl sites for hydroxylation is 1. The highest BCUT2D eigenvalue weighted by molar-refractivity contribution is 7.86.